The molecule has 0 aliphatic carbocycles. The van der Waals surface area contributed by atoms with Crippen molar-refractivity contribution >= 4 is 18.0 Å². The first kappa shape index (κ1) is 20.3. The van der Waals surface area contributed by atoms with Crippen molar-refractivity contribution in [3.8, 4) is 17.2 Å². The lowest BCUT2D eigenvalue weighted by molar-refractivity contribution is -0.115. The van der Waals surface area contributed by atoms with Crippen LogP contribution < -0.4 is 24.8 Å². The topological polar surface area (TPSA) is 85.9 Å². The van der Waals surface area contributed by atoms with Gasteiger partial charge in [-0.1, -0.05) is 24.3 Å². The summed E-state index contributed by atoms with van der Waals surface area (Å²) in [6, 6.07) is 12.7. The number of hydrogen-bond acceptors (Lipinski definition) is 5. The summed E-state index contributed by atoms with van der Waals surface area (Å²) in [6.07, 6.45) is 2.31. The van der Waals surface area contributed by atoms with Crippen molar-refractivity contribution in [2.45, 2.75) is 20.3 Å². The smallest absolute Gasteiger partial charge is 0.326 e. The van der Waals surface area contributed by atoms with Crippen LogP contribution in [0.15, 0.2) is 48.2 Å². The molecule has 3 amide bonds. The lowest BCUT2D eigenvalue weighted by Crippen LogP contribution is -2.22. The van der Waals surface area contributed by atoms with Crippen molar-refractivity contribution in [2.75, 3.05) is 19.8 Å². The molecule has 2 aromatic rings. The van der Waals surface area contributed by atoms with Gasteiger partial charge in [-0.3, -0.25) is 10.1 Å². The van der Waals surface area contributed by atoms with Crippen molar-refractivity contribution in [3.63, 3.8) is 0 Å². The third kappa shape index (κ3) is 5.51. The third-order valence-corrected chi connectivity index (χ3v) is 4.20. The number of para-hydroxylation sites is 1. The molecule has 2 aromatic carbocycles. The van der Waals surface area contributed by atoms with Gasteiger partial charge in [0.05, 0.1) is 19.8 Å². The molecular weight excluding hydrogens is 372 g/mol. The highest BCUT2D eigenvalue weighted by Gasteiger charge is 2.22. The second-order valence-electron chi connectivity index (χ2n) is 6.42. The average molecular weight is 396 g/mol. The van der Waals surface area contributed by atoms with E-state index in [1.165, 1.54) is 0 Å². The van der Waals surface area contributed by atoms with Gasteiger partial charge in [-0.15, -0.1) is 0 Å². The second kappa shape index (κ2) is 9.64. The first-order valence-corrected chi connectivity index (χ1v) is 9.49. The number of nitrogens with one attached hydrogen (secondary N) is 2. The number of imide groups is 1. The molecule has 152 valence electrons. The molecule has 2 N–H and O–H groups in total. The summed E-state index contributed by atoms with van der Waals surface area (Å²) in [5.74, 6) is 1.61. The third-order valence-electron chi connectivity index (χ3n) is 4.20. The van der Waals surface area contributed by atoms with Gasteiger partial charge in [0.1, 0.15) is 11.4 Å². The molecule has 29 heavy (non-hydrogen) atoms. The van der Waals surface area contributed by atoms with E-state index in [9.17, 15) is 9.59 Å². The van der Waals surface area contributed by atoms with Crippen LogP contribution in [0.1, 0.15) is 24.5 Å². The van der Waals surface area contributed by atoms with Crippen molar-refractivity contribution in [1.82, 2.24) is 10.6 Å². The molecule has 3 rings (SSSR count). The highest BCUT2D eigenvalue weighted by molar-refractivity contribution is 6.14. The number of urea groups is 1. The summed E-state index contributed by atoms with van der Waals surface area (Å²) >= 11 is 0. The number of hydrogen-bond donors (Lipinski definition) is 2. The zero-order chi connectivity index (χ0) is 20.6. The normalized spacial score (nSPS) is 14.5. The van der Waals surface area contributed by atoms with Crippen molar-refractivity contribution in [1.29, 1.82) is 0 Å². The SMILES string of the molecule is CCOc1cc(C=C2NC(=O)NC2=O)ccc1OCCCOc1ccccc1C. The van der Waals surface area contributed by atoms with Gasteiger partial charge in [0, 0.05) is 6.42 Å². The molecule has 0 radical (unpaired) electrons. The second-order valence-corrected chi connectivity index (χ2v) is 6.42. The van der Waals surface area contributed by atoms with Gasteiger partial charge in [-0.05, 0) is 49.2 Å². The van der Waals surface area contributed by atoms with Crippen molar-refractivity contribution in [2.24, 2.45) is 0 Å². The van der Waals surface area contributed by atoms with E-state index in [1.54, 1.807) is 24.3 Å². The number of aryl methyl sites for hydroxylation is 1. The highest BCUT2D eigenvalue weighted by Crippen LogP contribution is 2.29. The Morgan fingerprint density at radius 3 is 2.34 bits per heavy atom. The summed E-state index contributed by atoms with van der Waals surface area (Å²) in [5, 5.41) is 4.63. The van der Waals surface area contributed by atoms with Crippen LogP contribution in [0.5, 0.6) is 17.2 Å². The molecule has 0 atom stereocenters. The van der Waals surface area contributed by atoms with Crippen LogP contribution in [0.25, 0.3) is 6.08 Å². The van der Waals surface area contributed by atoms with E-state index in [2.05, 4.69) is 10.6 Å². The minimum absolute atomic E-state index is 0.194. The molecule has 1 aliphatic heterocycles. The monoisotopic (exact) mass is 396 g/mol. The fraction of sp³-hybridized carbons (Fsp3) is 0.273. The van der Waals surface area contributed by atoms with Gasteiger partial charge in [-0.25, -0.2) is 4.79 Å². The van der Waals surface area contributed by atoms with Crippen LogP contribution >= 0.6 is 0 Å². The Kier molecular flexibility index (Phi) is 6.73. The predicted molar refractivity (Wildman–Crippen MR) is 109 cm³/mol. The van der Waals surface area contributed by atoms with Gasteiger partial charge < -0.3 is 19.5 Å². The molecule has 1 aliphatic rings. The number of carbonyl (C=O) groups excluding carboxylic acids is 2. The van der Waals surface area contributed by atoms with E-state index in [-0.39, 0.29) is 5.70 Å². The Morgan fingerprint density at radius 2 is 1.66 bits per heavy atom. The molecule has 1 fully saturated rings. The minimum Gasteiger partial charge on any atom is -0.493 e. The first-order chi connectivity index (χ1) is 14.1. The summed E-state index contributed by atoms with van der Waals surface area (Å²) < 4.78 is 17.3. The van der Waals surface area contributed by atoms with Crippen LogP contribution in [-0.2, 0) is 4.79 Å². The van der Waals surface area contributed by atoms with E-state index in [1.807, 2.05) is 38.1 Å². The van der Waals surface area contributed by atoms with E-state index < -0.39 is 11.9 Å². The maximum Gasteiger partial charge on any atom is 0.326 e. The molecule has 0 saturated carbocycles. The average Bonchev–Trinajstić information content (AvgIpc) is 3.01. The molecule has 0 bridgehead atoms. The summed E-state index contributed by atoms with van der Waals surface area (Å²) in [7, 11) is 0. The van der Waals surface area contributed by atoms with Gasteiger partial charge in [-0.2, -0.15) is 0 Å². The fourth-order valence-electron chi connectivity index (χ4n) is 2.79. The quantitative estimate of drug-likeness (QED) is 0.385. The van der Waals surface area contributed by atoms with E-state index in [0.717, 1.165) is 23.3 Å². The number of rotatable bonds is 9. The molecule has 7 heteroatoms. The summed E-state index contributed by atoms with van der Waals surface area (Å²) in [4.78, 5) is 22.9. The molecule has 1 heterocycles. The predicted octanol–water partition coefficient (Wildman–Crippen LogP) is 3.42. The maximum atomic E-state index is 11.7. The maximum absolute atomic E-state index is 11.7. The summed E-state index contributed by atoms with van der Waals surface area (Å²) in [5.41, 5.74) is 2.01. The van der Waals surface area contributed by atoms with E-state index >= 15 is 0 Å². The molecule has 0 unspecified atom stereocenters. The summed E-state index contributed by atoms with van der Waals surface area (Å²) in [6.45, 7) is 5.40. The highest BCUT2D eigenvalue weighted by atomic mass is 16.5. The van der Waals surface area contributed by atoms with Crippen LogP contribution in [0, 0.1) is 6.92 Å². The zero-order valence-electron chi connectivity index (χ0n) is 16.5. The van der Waals surface area contributed by atoms with Gasteiger partial charge in [0.15, 0.2) is 11.5 Å². The standard InChI is InChI=1S/C22H24N2O5/c1-3-27-20-14-16(13-17-21(25)24-22(26)23-17)9-10-19(20)29-12-6-11-28-18-8-5-4-7-15(18)2/h4-5,7-10,13-14H,3,6,11-12H2,1-2H3,(H2,23,24,25,26). The Labute approximate surface area is 169 Å². The largest absolute Gasteiger partial charge is 0.493 e. The van der Waals surface area contributed by atoms with Crippen molar-refractivity contribution < 1.29 is 23.8 Å². The van der Waals surface area contributed by atoms with Crippen LogP contribution in [0.2, 0.25) is 0 Å². The Bertz CT molecular complexity index is 923. The van der Waals surface area contributed by atoms with Crippen LogP contribution in [0.4, 0.5) is 4.79 Å². The fourth-order valence-corrected chi connectivity index (χ4v) is 2.79. The Balaban J connectivity index is 1.57. The Hall–Kier alpha value is -3.48. The van der Waals surface area contributed by atoms with E-state index in [0.29, 0.717) is 31.3 Å². The number of ether oxygens (including phenoxy) is 3. The molecule has 0 spiro atoms. The molecule has 0 aromatic heterocycles. The molecule has 1 saturated heterocycles. The number of benzene rings is 2. The Morgan fingerprint density at radius 1 is 0.897 bits per heavy atom. The van der Waals surface area contributed by atoms with Gasteiger partial charge in [0.25, 0.3) is 5.91 Å². The minimum atomic E-state index is -0.529. The van der Waals surface area contributed by atoms with Crippen LogP contribution in [0.3, 0.4) is 0 Å². The van der Waals surface area contributed by atoms with Crippen molar-refractivity contribution in [3.05, 3.63) is 59.3 Å². The molecule has 7 nitrogen and oxygen atoms in total. The van der Waals surface area contributed by atoms with Crippen LogP contribution in [-0.4, -0.2) is 31.8 Å². The zero-order valence-corrected chi connectivity index (χ0v) is 16.5. The lowest BCUT2D eigenvalue weighted by atomic mass is 10.1. The van der Waals surface area contributed by atoms with E-state index in [4.69, 9.17) is 14.2 Å². The number of carbonyl (C=O) groups is 2. The van der Waals surface area contributed by atoms with Gasteiger partial charge in [0.2, 0.25) is 0 Å². The van der Waals surface area contributed by atoms with Gasteiger partial charge >= 0.3 is 6.03 Å². The first-order valence-electron chi connectivity index (χ1n) is 9.49. The lowest BCUT2D eigenvalue weighted by Gasteiger charge is -2.13. The molecular formula is C22H24N2O5. The number of amides is 3.